The fraction of sp³-hybridized carbons (Fsp3) is 0.231. The fourth-order valence-electron chi connectivity index (χ4n) is 1.72. The van der Waals surface area contributed by atoms with E-state index in [1.807, 2.05) is 25.2 Å². The van der Waals surface area contributed by atoms with E-state index in [1.165, 1.54) is 0 Å². The summed E-state index contributed by atoms with van der Waals surface area (Å²) in [5.74, 6) is 2.09. The Labute approximate surface area is 106 Å². The minimum absolute atomic E-state index is 0.669. The van der Waals surface area contributed by atoms with Crippen LogP contribution in [0.25, 0.3) is 11.3 Å². The van der Waals surface area contributed by atoms with Crippen molar-refractivity contribution in [1.29, 1.82) is 0 Å². The SMILES string of the molecule is CNc1nccnc1-c1ccc(OC)c(OC)c1. The molecule has 0 aliphatic rings. The highest BCUT2D eigenvalue weighted by Gasteiger charge is 2.10. The van der Waals surface area contributed by atoms with Crippen molar-refractivity contribution in [1.82, 2.24) is 9.97 Å². The average molecular weight is 245 g/mol. The second-order valence-corrected chi connectivity index (χ2v) is 3.57. The number of aromatic nitrogens is 2. The lowest BCUT2D eigenvalue weighted by atomic mass is 10.1. The zero-order chi connectivity index (χ0) is 13.0. The van der Waals surface area contributed by atoms with Crippen molar-refractivity contribution in [2.75, 3.05) is 26.6 Å². The summed E-state index contributed by atoms with van der Waals surface area (Å²) in [5.41, 5.74) is 1.70. The van der Waals surface area contributed by atoms with Crippen molar-refractivity contribution in [2.24, 2.45) is 0 Å². The maximum absolute atomic E-state index is 5.28. The molecular weight excluding hydrogens is 230 g/mol. The van der Waals surface area contributed by atoms with Gasteiger partial charge in [0.05, 0.1) is 14.2 Å². The van der Waals surface area contributed by atoms with Crippen LogP contribution in [0.15, 0.2) is 30.6 Å². The van der Waals surface area contributed by atoms with Crippen LogP contribution in [-0.2, 0) is 0 Å². The van der Waals surface area contributed by atoms with Crippen molar-refractivity contribution in [3.05, 3.63) is 30.6 Å². The maximum atomic E-state index is 5.28. The van der Waals surface area contributed by atoms with Gasteiger partial charge in [-0.2, -0.15) is 0 Å². The number of nitrogens with zero attached hydrogens (tertiary/aromatic N) is 2. The minimum atomic E-state index is 0.669. The van der Waals surface area contributed by atoms with Gasteiger partial charge in [0.1, 0.15) is 5.69 Å². The van der Waals surface area contributed by atoms with Crippen LogP contribution in [-0.4, -0.2) is 31.2 Å². The number of methoxy groups -OCH3 is 2. The van der Waals surface area contributed by atoms with Crippen LogP contribution in [0, 0.1) is 0 Å². The molecule has 0 saturated carbocycles. The molecule has 0 aliphatic heterocycles. The third kappa shape index (κ3) is 2.20. The maximum Gasteiger partial charge on any atom is 0.161 e. The van der Waals surface area contributed by atoms with Crippen molar-refractivity contribution in [2.45, 2.75) is 0 Å². The van der Waals surface area contributed by atoms with Crippen LogP contribution in [0.4, 0.5) is 5.82 Å². The first-order valence-corrected chi connectivity index (χ1v) is 5.51. The summed E-state index contributed by atoms with van der Waals surface area (Å²) in [6.07, 6.45) is 3.31. The van der Waals surface area contributed by atoms with Crippen molar-refractivity contribution in [3.8, 4) is 22.8 Å². The van der Waals surface area contributed by atoms with Gasteiger partial charge in [0.2, 0.25) is 0 Å². The lowest BCUT2D eigenvalue weighted by Gasteiger charge is -2.11. The highest BCUT2D eigenvalue weighted by molar-refractivity contribution is 5.73. The van der Waals surface area contributed by atoms with Gasteiger partial charge in [0.15, 0.2) is 17.3 Å². The molecule has 1 aromatic carbocycles. The van der Waals surface area contributed by atoms with E-state index in [-0.39, 0.29) is 0 Å². The molecule has 0 spiro atoms. The monoisotopic (exact) mass is 245 g/mol. The Bertz CT molecular complexity index is 544. The Balaban J connectivity index is 2.51. The first-order valence-electron chi connectivity index (χ1n) is 5.51. The molecule has 0 aliphatic carbocycles. The van der Waals surface area contributed by atoms with Crippen LogP contribution < -0.4 is 14.8 Å². The van der Waals surface area contributed by atoms with Gasteiger partial charge >= 0.3 is 0 Å². The molecule has 5 heteroatoms. The predicted octanol–water partition coefficient (Wildman–Crippen LogP) is 2.20. The van der Waals surface area contributed by atoms with E-state index in [0.717, 1.165) is 17.1 Å². The Morgan fingerprint density at radius 3 is 2.39 bits per heavy atom. The van der Waals surface area contributed by atoms with Crippen molar-refractivity contribution >= 4 is 5.82 Å². The van der Waals surface area contributed by atoms with E-state index < -0.39 is 0 Å². The molecule has 0 saturated heterocycles. The van der Waals surface area contributed by atoms with Gasteiger partial charge in [0.25, 0.3) is 0 Å². The molecule has 1 N–H and O–H groups in total. The Morgan fingerprint density at radius 1 is 1.00 bits per heavy atom. The smallest absolute Gasteiger partial charge is 0.161 e. The number of rotatable bonds is 4. The summed E-state index contributed by atoms with van der Waals surface area (Å²) in [6.45, 7) is 0. The molecule has 2 rings (SSSR count). The van der Waals surface area contributed by atoms with Gasteiger partial charge in [-0.1, -0.05) is 0 Å². The van der Waals surface area contributed by atoms with Gasteiger partial charge in [-0.15, -0.1) is 0 Å². The van der Waals surface area contributed by atoms with E-state index in [2.05, 4.69) is 15.3 Å². The Kier molecular flexibility index (Phi) is 3.62. The predicted molar refractivity (Wildman–Crippen MR) is 70.1 cm³/mol. The summed E-state index contributed by atoms with van der Waals surface area (Å²) >= 11 is 0. The molecule has 0 amide bonds. The first kappa shape index (κ1) is 12.2. The standard InChI is InChI=1S/C13H15N3O2/c1-14-13-12(15-6-7-16-13)9-4-5-10(17-2)11(8-9)18-3/h4-8H,1-3H3,(H,14,16). The molecule has 0 unspecified atom stereocenters. The van der Waals surface area contributed by atoms with E-state index in [9.17, 15) is 0 Å². The minimum Gasteiger partial charge on any atom is -0.493 e. The van der Waals surface area contributed by atoms with Crippen LogP contribution in [0.5, 0.6) is 11.5 Å². The van der Waals surface area contributed by atoms with Crippen LogP contribution in [0.1, 0.15) is 0 Å². The molecule has 0 radical (unpaired) electrons. The molecule has 94 valence electrons. The second-order valence-electron chi connectivity index (χ2n) is 3.57. The van der Waals surface area contributed by atoms with E-state index >= 15 is 0 Å². The third-order valence-electron chi connectivity index (χ3n) is 2.59. The van der Waals surface area contributed by atoms with Crippen LogP contribution in [0.3, 0.4) is 0 Å². The molecule has 0 fully saturated rings. The first-order chi connectivity index (χ1) is 8.80. The summed E-state index contributed by atoms with van der Waals surface area (Å²) in [6, 6.07) is 5.65. The van der Waals surface area contributed by atoms with E-state index in [0.29, 0.717) is 11.5 Å². The van der Waals surface area contributed by atoms with Crippen LogP contribution in [0.2, 0.25) is 0 Å². The zero-order valence-corrected chi connectivity index (χ0v) is 10.6. The second kappa shape index (κ2) is 5.35. The molecule has 0 atom stereocenters. The largest absolute Gasteiger partial charge is 0.493 e. The topological polar surface area (TPSA) is 56.3 Å². The molecule has 0 bridgehead atoms. The summed E-state index contributed by atoms with van der Waals surface area (Å²) in [4.78, 5) is 8.56. The van der Waals surface area contributed by atoms with Gasteiger partial charge in [-0.05, 0) is 18.2 Å². The highest BCUT2D eigenvalue weighted by Crippen LogP contribution is 2.33. The van der Waals surface area contributed by atoms with Gasteiger partial charge in [0, 0.05) is 25.0 Å². The number of hydrogen-bond donors (Lipinski definition) is 1. The molecule has 18 heavy (non-hydrogen) atoms. The summed E-state index contributed by atoms with van der Waals surface area (Å²) < 4.78 is 10.5. The lowest BCUT2D eigenvalue weighted by Crippen LogP contribution is -1.98. The quantitative estimate of drug-likeness (QED) is 0.895. The number of nitrogens with one attached hydrogen (secondary N) is 1. The highest BCUT2D eigenvalue weighted by atomic mass is 16.5. The van der Waals surface area contributed by atoms with Crippen molar-refractivity contribution in [3.63, 3.8) is 0 Å². The normalized spacial score (nSPS) is 9.94. The Morgan fingerprint density at radius 2 is 1.72 bits per heavy atom. The Hall–Kier alpha value is -2.30. The number of benzene rings is 1. The van der Waals surface area contributed by atoms with E-state index in [4.69, 9.17) is 9.47 Å². The summed E-state index contributed by atoms with van der Waals surface area (Å²) in [5, 5.41) is 3.01. The zero-order valence-electron chi connectivity index (χ0n) is 10.6. The van der Waals surface area contributed by atoms with Gasteiger partial charge < -0.3 is 14.8 Å². The van der Waals surface area contributed by atoms with E-state index in [1.54, 1.807) is 26.6 Å². The number of anilines is 1. The third-order valence-corrected chi connectivity index (χ3v) is 2.59. The molecule has 5 nitrogen and oxygen atoms in total. The van der Waals surface area contributed by atoms with Gasteiger partial charge in [-0.25, -0.2) is 4.98 Å². The number of hydrogen-bond acceptors (Lipinski definition) is 5. The molecular formula is C13H15N3O2. The van der Waals surface area contributed by atoms with Gasteiger partial charge in [-0.3, -0.25) is 4.98 Å². The van der Waals surface area contributed by atoms with Crippen LogP contribution >= 0.6 is 0 Å². The number of ether oxygens (including phenoxy) is 2. The molecule has 1 heterocycles. The molecule has 1 aromatic heterocycles. The fourth-order valence-corrected chi connectivity index (χ4v) is 1.72. The lowest BCUT2D eigenvalue weighted by molar-refractivity contribution is 0.355. The van der Waals surface area contributed by atoms with Crippen molar-refractivity contribution < 1.29 is 9.47 Å². The molecule has 2 aromatic rings. The average Bonchev–Trinajstić information content (AvgIpc) is 2.46. The summed E-state index contributed by atoms with van der Waals surface area (Å²) in [7, 11) is 5.03.